The molecule has 0 aliphatic heterocycles. The van der Waals surface area contributed by atoms with Gasteiger partial charge in [0.05, 0.1) is 17.2 Å². The number of likely N-dealkylation sites (N-methyl/N-ethyl adjacent to an activating group) is 1. The quantitative estimate of drug-likeness (QED) is 0.340. The summed E-state index contributed by atoms with van der Waals surface area (Å²) in [5.74, 6) is -0.884. The first-order valence-electron chi connectivity index (χ1n) is 11.0. The van der Waals surface area contributed by atoms with E-state index in [-0.39, 0.29) is 37.0 Å². The van der Waals surface area contributed by atoms with Crippen molar-refractivity contribution in [3.05, 3.63) is 70.9 Å². The van der Waals surface area contributed by atoms with Gasteiger partial charge in [0.15, 0.2) is 0 Å². The van der Waals surface area contributed by atoms with Crippen LogP contribution in [0.3, 0.4) is 0 Å². The van der Waals surface area contributed by atoms with Crippen LogP contribution in [0.1, 0.15) is 12.0 Å². The Hall–Kier alpha value is -3.54. The van der Waals surface area contributed by atoms with Crippen molar-refractivity contribution in [2.75, 3.05) is 25.5 Å². The number of nitrogens with one attached hydrogen (secondary N) is 2. The number of nitrogens with two attached hydrogens (primary N) is 1. The van der Waals surface area contributed by atoms with E-state index >= 15 is 0 Å². The zero-order valence-electron chi connectivity index (χ0n) is 19.4. The number of pyridine rings is 1. The molecule has 12 heteroatoms. The standard InChI is InChI=1S/C24H26ClF2N5O4/c1-32(23(34)30-12-15-3-2-4-20(27)22(15)25)18(9-19(33)10-28)13-36-24(35)31-21-8-16-7-17(26)6-5-14(16)11-29-21/h2-8,11,18-19,33H,9-10,12-13,28H2,1H3,(H,30,34)(H,29,31,35)/t18-,19-/m0/s1. The summed E-state index contributed by atoms with van der Waals surface area (Å²) in [7, 11) is 1.46. The molecule has 36 heavy (non-hydrogen) atoms. The fourth-order valence-corrected chi connectivity index (χ4v) is 3.58. The van der Waals surface area contributed by atoms with Crippen LogP contribution >= 0.6 is 11.6 Å². The third-order valence-electron chi connectivity index (χ3n) is 5.47. The zero-order valence-corrected chi connectivity index (χ0v) is 20.1. The molecule has 3 rings (SSSR count). The highest BCUT2D eigenvalue weighted by atomic mass is 35.5. The number of aromatic nitrogens is 1. The summed E-state index contributed by atoms with van der Waals surface area (Å²) in [6, 6.07) is 8.62. The maximum Gasteiger partial charge on any atom is 0.412 e. The molecule has 5 N–H and O–H groups in total. The van der Waals surface area contributed by atoms with Crippen molar-refractivity contribution in [1.82, 2.24) is 15.2 Å². The highest BCUT2D eigenvalue weighted by Gasteiger charge is 2.24. The Kier molecular flexibility index (Phi) is 9.34. The van der Waals surface area contributed by atoms with E-state index in [2.05, 4.69) is 15.6 Å². The summed E-state index contributed by atoms with van der Waals surface area (Å²) in [4.78, 5) is 30.4. The smallest absolute Gasteiger partial charge is 0.412 e. The van der Waals surface area contributed by atoms with E-state index in [1.54, 1.807) is 12.1 Å². The number of carbonyl (C=O) groups is 2. The van der Waals surface area contributed by atoms with Crippen LogP contribution in [0.2, 0.25) is 5.02 Å². The molecule has 2 aromatic carbocycles. The van der Waals surface area contributed by atoms with Gasteiger partial charge >= 0.3 is 12.1 Å². The SMILES string of the molecule is CN(C(=O)NCc1cccc(F)c1Cl)[C@H](COC(=O)Nc1cc2cc(F)ccc2cn1)C[C@H](O)CN. The van der Waals surface area contributed by atoms with Gasteiger partial charge in [-0.2, -0.15) is 0 Å². The van der Waals surface area contributed by atoms with Gasteiger partial charge < -0.3 is 25.8 Å². The highest BCUT2D eigenvalue weighted by molar-refractivity contribution is 6.31. The first kappa shape index (κ1) is 27.1. The Bertz CT molecular complexity index is 1230. The van der Waals surface area contributed by atoms with E-state index in [0.717, 1.165) is 0 Å². The number of nitrogens with zero attached hydrogens (tertiary/aromatic N) is 2. The summed E-state index contributed by atoms with van der Waals surface area (Å²) in [5, 5.41) is 16.2. The van der Waals surface area contributed by atoms with Crippen LogP contribution in [0.5, 0.6) is 0 Å². The van der Waals surface area contributed by atoms with Crippen molar-refractivity contribution in [1.29, 1.82) is 0 Å². The lowest BCUT2D eigenvalue weighted by molar-refractivity contribution is 0.0815. The van der Waals surface area contributed by atoms with E-state index in [1.807, 2.05) is 0 Å². The monoisotopic (exact) mass is 521 g/mol. The number of hydrogen-bond donors (Lipinski definition) is 4. The van der Waals surface area contributed by atoms with Gasteiger partial charge in [0.25, 0.3) is 0 Å². The van der Waals surface area contributed by atoms with Crippen molar-refractivity contribution in [2.45, 2.75) is 25.1 Å². The predicted molar refractivity (Wildman–Crippen MR) is 132 cm³/mol. The summed E-state index contributed by atoms with van der Waals surface area (Å²) >= 11 is 5.92. The minimum Gasteiger partial charge on any atom is -0.447 e. The molecule has 1 heterocycles. The number of rotatable bonds is 9. The molecule has 0 radical (unpaired) electrons. The zero-order chi connectivity index (χ0) is 26.2. The molecular formula is C24H26ClF2N5O4. The van der Waals surface area contributed by atoms with Crippen molar-refractivity contribution < 1.29 is 28.2 Å². The first-order chi connectivity index (χ1) is 17.2. The Morgan fingerprint density at radius 3 is 2.75 bits per heavy atom. The number of hydrogen-bond acceptors (Lipinski definition) is 6. The van der Waals surface area contributed by atoms with Gasteiger partial charge in [-0.15, -0.1) is 0 Å². The number of aliphatic hydroxyl groups is 1. The van der Waals surface area contributed by atoms with Crippen LogP contribution in [0, 0.1) is 11.6 Å². The molecule has 0 unspecified atom stereocenters. The third kappa shape index (κ3) is 7.23. The fraction of sp³-hybridized carbons (Fsp3) is 0.292. The molecule has 0 saturated carbocycles. The van der Waals surface area contributed by atoms with Crippen molar-refractivity contribution in [3.63, 3.8) is 0 Å². The van der Waals surface area contributed by atoms with Crippen LogP contribution in [0.15, 0.2) is 48.7 Å². The number of anilines is 1. The minimum atomic E-state index is -0.952. The van der Waals surface area contributed by atoms with Gasteiger partial charge in [-0.1, -0.05) is 23.7 Å². The highest BCUT2D eigenvalue weighted by Crippen LogP contribution is 2.20. The number of carbonyl (C=O) groups excluding carboxylic acids is 2. The average molecular weight is 522 g/mol. The van der Waals surface area contributed by atoms with Gasteiger partial charge in [0.2, 0.25) is 0 Å². The molecule has 0 saturated heterocycles. The van der Waals surface area contributed by atoms with E-state index in [1.165, 1.54) is 48.5 Å². The van der Waals surface area contributed by atoms with Gasteiger partial charge in [-0.3, -0.25) is 5.32 Å². The number of benzene rings is 2. The second-order valence-electron chi connectivity index (χ2n) is 8.05. The average Bonchev–Trinajstić information content (AvgIpc) is 2.86. The van der Waals surface area contributed by atoms with Crippen LogP contribution in [-0.4, -0.2) is 59.5 Å². The van der Waals surface area contributed by atoms with Crippen molar-refractivity contribution in [3.8, 4) is 0 Å². The van der Waals surface area contributed by atoms with Gasteiger partial charge in [-0.05, 0) is 47.7 Å². The minimum absolute atomic E-state index is 0.0297. The molecule has 0 aliphatic carbocycles. The van der Waals surface area contributed by atoms with Crippen LogP contribution in [-0.2, 0) is 11.3 Å². The van der Waals surface area contributed by atoms with E-state index < -0.39 is 35.9 Å². The van der Waals surface area contributed by atoms with E-state index in [9.17, 15) is 23.5 Å². The maximum atomic E-state index is 13.6. The van der Waals surface area contributed by atoms with Crippen molar-refractivity contribution in [2.24, 2.45) is 5.73 Å². The number of halogens is 3. The van der Waals surface area contributed by atoms with Crippen LogP contribution < -0.4 is 16.4 Å². The predicted octanol–water partition coefficient (Wildman–Crippen LogP) is 3.63. The van der Waals surface area contributed by atoms with Crippen LogP contribution in [0.25, 0.3) is 10.8 Å². The number of urea groups is 1. The first-order valence-corrected chi connectivity index (χ1v) is 11.4. The topological polar surface area (TPSA) is 130 Å². The Morgan fingerprint density at radius 2 is 2.00 bits per heavy atom. The molecule has 3 amide bonds. The molecule has 192 valence electrons. The molecule has 0 bridgehead atoms. The molecule has 0 fully saturated rings. The maximum absolute atomic E-state index is 13.6. The molecule has 0 aliphatic rings. The molecule has 9 nitrogen and oxygen atoms in total. The van der Waals surface area contributed by atoms with E-state index in [4.69, 9.17) is 22.1 Å². The number of fused-ring (bicyclic) bond motifs is 1. The molecule has 2 atom stereocenters. The normalized spacial score (nSPS) is 12.6. The Morgan fingerprint density at radius 1 is 1.22 bits per heavy atom. The van der Waals surface area contributed by atoms with E-state index in [0.29, 0.717) is 16.3 Å². The summed E-state index contributed by atoms with van der Waals surface area (Å²) in [6.45, 7) is -0.369. The lowest BCUT2D eigenvalue weighted by atomic mass is 10.1. The van der Waals surface area contributed by atoms with Gasteiger partial charge in [-0.25, -0.2) is 23.4 Å². The van der Waals surface area contributed by atoms with Gasteiger partial charge in [0, 0.05) is 31.7 Å². The van der Waals surface area contributed by atoms with Crippen LogP contribution in [0.4, 0.5) is 24.2 Å². The van der Waals surface area contributed by atoms with Crippen molar-refractivity contribution >= 4 is 40.3 Å². The third-order valence-corrected chi connectivity index (χ3v) is 5.89. The summed E-state index contributed by atoms with van der Waals surface area (Å²) in [5.41, 5.74) is 5.89. The lowest BCUT2D eigenvalue weighted by Crippen LogP contribution is -2.47. The fourth-order valence-electron chi connectivity index (χ4n) is 3.39. The lowest BCUT2D eigenvalue weighted by Gasteiger charge is -2.29. The Labute approximate surface area is 211 Å². The Balaban J connectivity index is 1.60. The molecule has 0 spiro atoms. The largest absolute Gasteiger partial charge is 0.447 e. The molecule has 3 aromatic rings. The van der Waals surface area contributed by atoms with Gasteiger partial charge in [0.1, 0.15) is 24.1 Å². The summed E-state index contributed by atoms with van der Waals surface area (Å²) < 4.78 is 32.4. The summed E-state index contributed by atoms with van der Waals surface area (Å²) in [6.07, 6.45) is -0.298. The number of aliphatic hydroxyl groups excluding tert-OH is 1. The number of ether oxygens (including phenoxy) is 1. The molecular weight excluding hydrogens is 496 g/mol. The number of amides is 3. The second kappa shape index (κ2) is 12.4. The second-order valence-corrected chi connectivity index (χ2v) is 8.42. The molecule has 1 aromatic heterocycles.